The number of carbonyl (C=O) groups is 2. The molecule has 1 N–H and O–H groups in total. The Hall–Kier alpha value is -1.15. The number of allylic oxidation sites excluding steroid dienone is 2. The van der Waals surface area contributed by atoms with Gasteiger partial charge in [0.15, 0.2) is 0 Å². The average Bonchev–Trinajstić information content (AvgIpc) is 2.26. The molecule has 0 spiro atoms. The molecule has 5 heteroatoms. The summed E-state index contributed by atoms with van der Waals surface area (Å²) >= 11 is 0. The third kappa shape index (κ3) is 10.9. The van der Waals surface area contributed by atoms with Crippen molar-refractivity contribution in [2.45, 2.75) is 35.1 Å². The molecular weight excluding hydrogens is 227 g/mol. The first-order valence-corrected chi connectivity index (χ1v) is 4.78. The van der Waals surface area contributed by atoms with Crippen LogP contribution in [-0.4, -0.2) is 17.0 Å². The van der Waals surface area contributed by atoms with Crippen molar-refractivity contribution >= 4 is 21.4 Å². The highest BCUT2D eigenvalue weighted by atomic mass is 31.0. The Balaban J connectivity index is -0.000000200. The zero-order valence-electron chi connectivity index (χ0n) is 9.40. The molecule has 0 radical (unpaired) electrons. The van der Waals surface area contributed by atoms with Crippen LogP contribution in [0, 0.1) is 0 Å². The number of rotatable bonds is 2. The first-order valence-electron chi connectivity index (χ1n) is 4.30. The Labute approximate surface area is 99.7 Å². The van der Waals surface area contributed by atoms with E-state index in [1.54, 1.807) is 39.8 Å². The van der Waals surface area contributed by atoms with Gasteiger partial charge in [0, 0.05) is 11.1 Å². The lowest BCUT2D eigenvalue weighted by molar-refractivity contribution is -0.132. The van der Waals surface area contributed by atoms with Crippen molar-refractivity contribution in [3.05, 3.63) is 23.3 Å². The van der Waals surface area contributed by atoms with Gasteiger partial charge in [-0.25, -0.2) is 9.59 Å². The van der Waals surface area contributed by atoms with Gasteiger partial charge in [-0.15, -0.1) is 0 Å². The normalized spacial score (nSPS) is 10.6. The molecule has 0 aromatic heterocycles. The van der Waals surface area contributed by atoms with Gasteiger partial charge in [0.2, 0.25) is 0 Å². The van der Waals surface area contributed by atoms with Crippen molar-refractivity contribution in [1.82, 2.24) is 0 Å². The first-order chi connectivity index (χ1) is 6.90. The average molecular weight is 248 g/mol. The van der Waals surface area contributed by atoms with Crippen molar-refractivity contribution in [1.29, 1.82) is 0 Å². The topological polar surface area (TPSA) is 63.6 Å². The van der Waals surface area contributed by atoms with Crippen LogP contribution in [0.25, 0.3) is 0 Å². The van der Waals surface area contributed by atoms with Crippen LogP contribution in [0.2, 0.25) is 0 Å². The largest absolute Gasteiger partial charge is 0.478 e. The van der Waals surface area contributed by atoms with Gasteiger partial charge in [-0.05, 0) is 27.7 Å². The van der Waals surface area contributed by atoms with Crippen LogP contribution < -0.4 is 0 Å². The number of aliphatic carboxylic acids is 1. The third-order valence-corrected chi connectivity index (χ3v) is 1.85. The molecular formula is C11H21O4P. The summed E-state index contributed by atoms with van der Waals surface area (Å²) in [4.78, 5) is 20.3. The monoisotopic (exact) mass is 248 g/mol. The summed E-state index contributed by atoms with van der Waals surface area (Å²) in [6.07, 6.45) is 3.26. The molecule has 0 saturated heterocycles. The van der Waals surface area contributed by atoms with E-state index < -0.39 is 5.97 Å². The van der Waals surface area contributed by atoms with Crippen LogP contribution >= 0.6 is 9.47 Å². The van der Waals surface area contributed by atoms with E-state index in [4.69, 9.17) is 5.11 Å². The van der Waals surface area contributed by atoms with Crippen LogP contribution in [-0.2, 0) is 14.1 Å². The maximum Gasteiger partial charge on any atom is 0.335 e. The molecule has 0 bridgehead atoms. The Morgan fingerprint density at radius 2 is 1.50 bits per heavy atom. The molecule has 0 saturated carbocycles. The number of hydrogen-bond acceptors (Lipinski definition) is 3. The summed E-state index contributed by atoms with van der Waals surface area (Å²) in [6, 6.07) is 0. The Bertz CT molecular complexity index is 280. The summed E-state index contributed by atoms with van der Waals surface area (Å²) in [6.45, 7) is 6.75. The molecule has 0 heterocycles. The SMILES string of the molecule is C.C/C=C(\C)C(=O)O.C/C=C(\C)C(=O)OP. The smallest absolute Gasteiger partial charge is 0.335 e. The predicted octanol–water partition coefficient (Wildman–Crippen LogP) is 2.96. The van der Waals surface area contributed by atoms with Crippen LogP contribution in [0.1, 0.15) is 35.1 Å². The molecule has 0 aromatic rings. The molecule has 0 rings (SSSR count). The zero-order valence-corrected chi connectivity index (χ0v) is 10.6. The van der Waals surface area contributed by atoms with Gasteiger partial charge in [0.05, 0.1) is 9.47 Å². The second-order valence-corrected chi connectivity index (χ2v) is 2.89. The number of hydrogen-bond donors (Lipinski definition) is 1. The van der Waals surface area contributed by atoms with Gasteiger partial charge in [-0.3, -0.25) is 0 Å². The summed E-state index contributed by atoms with van der Waals surface area (Å²) in [5.74, 6) is -1.14. The minimum Gasteiger partial charge on any atom is -0.478 e. The summed E-state index contributed by atoms with van der Waals surface area (Å²) < 4.78 is 4.31. The fraction of sp³-hybridized carbons (Fsp3) is 0.455. The first kappa shape index (κ1) is 20.3. The van der Waals surface area contributed by atoms with Gasteiger partial charge in [0.25, 0.3) is 0 Å². The molecule has 0 aromatic carbocycles. The lowest BCUT2D eigenvalue weighted by Crippen LogP contribution is -1.96. The van der Waals surface area contributed by atoms with Crippen LogP contribution in [0.4, 0.5) is 0 Å². The predicted molar refractivity (Wildman–Crippen MR) is 69.0 cm³/mol. The van der Waals surface area contributed by atoms with E-state index >= 15 is 0 Å². The molecule has 4 nitrogen and oxygen atoms in total. The van der Waals surface area contributed by atoms with Crippen molar-refractivity contribution < 1.29 is 19.2 Å². The van der Waals surface area contributed by atoms with Crippen LogP contribution in [0.15, 0.2) is 23.3 Å². The molecule has 0 aliphatic carbocycles. The Kier molecular flexibility index (Phi) is 15.1. The van der Waals surface area contributed by atoms with E-state index in [1.807, 2.05) is 9.47 Å². The second-order valence-electron chi connectivity index (χ2n) is 2.65. The van der Waals surface area contributed by atoms with Gasteiger partial charge in [-0.2, -0.15) is 0 Å². The van der Waals surface area contributed by atoms with Gasteiger partial charge >= 0.3 is 11.9 Å². The molecule has 0 aliphatic heterocycles. The lowest BCUT2D eigenvalue weighted by atomic mass is 10.3. The van der Waals surface area contributed by atoms with E-state index in [0.29, 0.717) is 11.1 Å². The van der Waals surface area contributed by atoms with E-state index in [0.717, 1.165) is 0 Å². The Morgan fingerprint density at radius 1 is 1.12 bits per heavy atom. The molecule has 0 aliphatic rings. The molecule has 94 valence electrons. The second kappa shape index (κ2) is 11.9. The minimum atomic E-state index is -0.845. The van der Waals surface area contributed by atoms with E-state index in [9.17, 15) is 9.59 Å². The number of carboxylic acids is 1. The minimum absolute atomic E-state index is 0. The fourth-order valence-electron chi connectivity index (χ4n) is 0.334. The molecule has 0 amide bonds. The maximum atomic E-state index is 10.4. The summed E-state index contributed by atoms with van der Waals surface area (Å²) in [5, 5.41) is 8.11. The maximum absolute atomic E-state index is 10.4. The summed E-state index contributed by atoms with van der Waals surface area (Å²) in [7, 11) is 1.90. The van der Waals surface area contributed by atoms with Crippen molar-refractivity contribution in [2.24, 2.45) is 0 Å². The highest BCUT2D eigenvalue weighted by Gasteiger charge is 1.98. The van der Waals surface area contributed by atoms with Crippen LogP contribution in [0.3, 0.4) is 0 Å². The van der Waals surface area contributed by atoms with E-state index in [1.165, 1.54) is 0 Å². The standard InChI is InChI=1S/C5H9O2P.C5H8O2.CH4/c1-3-4(2)5(6)7-8;1-3-4(2)5(6)7;/h3H,8H2,1-2H3;3H,1-2H3,(H,6,7);1H4/b2*4-3+;. The highest BCUT2D eigenvalue weighted by molar-refractivity contribution is 7.10. The molecule has 16 heavy (non-hydrogen) atoms. The number of carbonyl (C=O) groups excluding carboxylic acids is 1. The van der Waals surface area contributed by atoms with E-state index in [-0.39, 0.29) is 13.4 Å². The third-order valence-electron chi connectivity index (χ3n) is 1.63. The number of carboxylic acid groups (broad SMARTS) is 1. The quantitative estimate of drug-likeness (QED) is 0.602. The van der Waals surface area contributed by atoms with Crippen molar-refractivity contribution in [3.8, 4) is 0 Å². The summed E-state index contributed by atoms with van der Waals surface area (Å²) in [5.41, 5.74) is 1.01. The Morgan fingerprint density at radius 3 is 1.56 bits per heavy atom. The van der Waals surface area contributed by atoms with Gasteiger partial charge in [0.1, 0.15) is 0 Å². The molecule has 1 atom stereocenters. The van der Waals surface area contributed by atoms with Crippen molar-refractivity contribution in [3.63, 3.8) is 0 Å². The fourth-order valence-corrected chi connectivity index (χ4v) is 0.520. The zero-order chi connectivity index (χ0) is 12.4. The van der Waals surface area contributed by atoms with E-state index in [2.05, 4.69) is 4.52 Å². The van der Waals surface area contributed by atoms with Crippen molar-refractivity contribution in [2.75, 3.05) is 0 Å². The van der Waals surface area contributed by atoms with Gasteiger partial charge < -0.3 is 9.63 Å². The highest BCUT2D eigenvalue weighted by Crippen LogP contribution is 1.98. The lowest BCUT2D eigenvalue weighted by Gasteiger charge is -1.93. The van der Waals surface area contributed by atoms with Crippen LogP contribution in [0.5, 0.6) is 0 Å². The molecule has 0 fully saturated rings. The molecule has 1 unspecified atom stereocenters. The van der Waals surface area contributed by atoms with Gasteiger partial charge in [-0.1, -0.05) is 19.6 Å².